The van der Waals surface area contributed by atoms with E-state index in [0.717, 1.165) is 0 Å². The van der Waals surface area contributed by atoms with Crippen molar-refractivity contribution in [2.75, 3.05) is 13.7 Å². The predicted molar refractivity (Wildman–Crippen MR) is 76.6 cm³/mol. The molecule has 0 aliphatic rings. The van der Waals surface area contributed by atoms with Gasteiger partial charge in [-0.3, -0.25) is 0 Å². The molecule has 1 aromatic heterocycles. The fraction of sp³-hybridized carbons (Fsp3) is 0.286. The first-order valence-electron chi connectivity index (χ1n) is 6.30. The first-order chi connectivity index (χ1) is 9.92. The molecule has 0 saturated carbocycles. The highest BCUT2D eigenvalue weighted by Crippen LogP contribution is 2.19. The number of rotatable bonds is 6. The Bertz CT molecular complexity index is 708. The number of aryl methyl sites for hydroxylation is 1. The van der Waals surface area contributed by atoms with Crippen LogP contribution in [-0.4, -0.2) is 27.2 Å². The van der Waals surface area contributed by atoms with Gasteiger partial charge in [-0.25, -0.2) is 13.1 Å². The van der Waals surface area contributed by atoms with Gasteiger partial charge in [0.05, 0.1) is 12.0 Å². The summed E-state index contributed by atoms with van der Waals surface area (Å²) in [5.74, 6) is 1.42. The molecule has 2 rings (SSSR count). The topological polar surface area (TPSA) is 88.8 Å². The van der Waals surface area contributed by atoms with Gasteiger partial charge in [-0.1, -0.05) is 6.07 Å². The minimum atomic E-state index is -3.72. The second-order valence-corrected chi connectivity index (χ2v) is 6.26. The highest BCUT2D eigenvalue weighted by atomic mass is 32.2. The summed E-state index contributed by atoms with van der Waals surface area (Å²) in [6.45, 7) is 1.57. The van der Waals surface area contributed by atoms with Gasteiger partial charge in [-0.05, 0) is 31.2 Å². The molecule has 1 heterocycles. The molecule has 0 amide bonds. The highest BCUT2D eigenvalue weighted by Gasteiger charge is 2.18. The lowest BCUT2D eigenvalue weighted by Gasteiger charge is -2.11. The van der Waals surface area contributed by atoms with Crippen molar-refractivity contribution in [2.24, 2.45) is 0 Å². The Balaban J connectivity index is 2.07. The Morgan fingerprint density at radius 3 is 2.71 bits per heavy atom. The lowest BCUT2D eigenvalue weighted by atomic mass is 10.3. The van der Waals surface area contributed by atoms with E-state index >= 15 is 0 Å². The van der Waals surface area contributed by atoms with Crippen molar-refractivity contribution in [2.45, 2.75) is 17.9 Å². The Morgan fingerprint density at radius 1 is 1.33 bits per heavy atom. The van der Waals surface area contributed by atoms with Crippen molar-refractivity contribution in [3.05, 3.63) is 47.9 Å². The number of benzene rings is 1. The van der Waals surface area contributed by atoms with Gasteiger partial charge < -0.3 is 14.3 Å². The molecule has 0 spiro atoms. The van der Waals surface area contributed by atoms with E-state index in [1.165, 1.54) is 19.2 Å². The summed E-state index contributed by atoms with van der Waals surface area (Å²) in [6.07, 6.45) is -1.04. The minimum Gasteiger partial charge on any atom is -0.497 e. The van der Waals surface area contributed by atoms with E-state index in [2.05, 4.69) is 4.72 Å². The maximum atomic E-state index is 12.1. The maximum absolute atomic E-state index is 12.1. The Morgan fingerprint density at radius 2 is 2.10 bits per heavy atom. The molecule has 1 atom stereocenters. The molecular formula is C14H17NO5S. The zero-order chi connectivity index (χ0) is 15.5. The number of hydrogen-bond donors (Lipinski definition) is 2. The number of aliphatic hydroxyl groups is 1. The average Bonchev–Trinajstić information content (AvgIpc) is 2.91. The zero-order valence-electron chi connectivity index (χ0n) is 11.7. The molecule has 0 aliphatic carbocycles. The van der Waals surface area contributed by atoms with Crippen LogP contribution in [0.25, 0.3) is 0 Å². The van der Waals surface area contributed by atoms with Crippen LogP contribution in [0.1, 0.15) is 17.6 Å². The molecular weight excluding hydrogens is 294 g/mol. The number of aliphatic hydroxyl groups excluding tert-OH is 1. The van der Waals surface area contributed by atoms with Crippen LogP contribution in [0.15, 0.2) is 45.7 Å². The number of sulfonamides is 1. The van der Waals surface area contributed by atoms with E-state index in [1.807, 2.05) is 0 Å². The van der Waals surface area contributed by atoms with Gasteiger partial charge in [0.2, 0.25) is 10.0 Å². The van der Waals surface area contributed by atoms with Crippen LogP contribution < -0.4 is 9.46 Å². The molecule has 7 heteroatoms. The van der Waals surface area contributed by atoms with Gasteiger partial charge in [0.15, 0.2) is 0 Å². The number of ether oxygens (including phenoxy) is 1. The number of hydrogen-bond acceptors (Lipinski definition) is 5. The molecule has 0 radical (unpaired) electrons. The van der Waals surface area contributed by atoms with Crippen molar-refractivity contribution >= 4 is 10.0 Å². The summed E-state index contributed by atoms with van der Waals surface area (Å²) in [5.41, 5.74) is 0. The molecule has 1 unspecified atom stereocenters. The van der Waals surface area contributed by atoms with E-state index in [0.29, 0.717) is 17.3 Å². The third-order valence-corrected chi connectivity index (χ3v) is 4.33. The van der Waals surface area contributed by atoms with Crippen LogP contribution in [-0.2, 0) is 10.0 Å². The lowest BCUT2D eigenvalue weighted by molar-refractivity contribution is 0.152. The molecule has 21 heavy (non-hydrogen) atoms. The Kier molecular flexibility index (Phi) is 4.66. The van der Waals surface area contributed by atoms with E-state index < -0.39 is 16.1 Å². The zero-order valence-corrected chi connectivity index (χ0v) is 12.6. The molecule has 0 fully saturated rings. The lowest BCUT2D eigenvalue weighted by Crippen LogP contribution is -2.28. The highest BCUT2D eigenvalue weighted by molar-refractivity contribution is 7.89. The quantitative estimate of drug-likeness (QED) is 0.846. The third-order valence-electron chi connectivity index (χ3n) is 2.91. The third kappa shape index (κ3) is 3.84. The molecule has 114 valence electrons. The van der Waals surface area contributed by atoms with Crippen LogP contribution in [0.3, 0.4) is 0 Å². The van der Waals surface area contributed by atoms with Crippen molar-refractivity contribution in [1.29, 1.82) is 0 Å². The van der Waals surface area contributed by atoms with Crippen molar-refractivity contribution < 1.29 is 22.7 Å². The van der Waals surface area contributed by atoms with Crippen LogP contribution >= 0.6 is 0 Å². The van der Waals surface area contributed by atoms with Crippen LogP contribution in [0, 0.1) is 6.92 Å². The van der Waals surface area contributed by atoms with Crippen LogP contribution in [0.4, 0.5) is 0 Å². The summed E-state index contributed by atoms with van der Waals surface area (Å²) >= 11 is 0. The smallest absolute Gasteiger partial charge is 0.240 e. The van der Waals surface area contributed by atoms with Crippen LogP contribution in [0.5, 0.6) is 5.75 Å². The van der Waals surface area contributed by atoms with E-state index in [4.69, 9.17) is 9.15 Å². The summed E-state index contributed by atoms with van der Waals surface area (Å²) in [4.78, 5) is 0.0738. The Hall–Kier alpha value is -1.83. The summed E-state index contributed by atoms with van der Waals surface area (Å²) in [5, 5.41) is 9.90. The molecule has 2 N–H and O–H groups in total. The molecule has 6 nitrogen and oxygen atoms in total. The van der Waals surface area contributed by atoms with Gasteiger partial charge in [-0.2, -0.15) is 0 Å². The largest absolute Gasteiger partial charge is 0.497 e. The first-order valence-corrected chi connectivity index (χ1v) is 7.79. The summed E-state index contributed by atoms with van der Waals surface area (Å²) in [7, 11) is -2.26. The minimum absolute atomic E-state index is 0.0738. The maximum Gasteiger partial charge on any atom is 0.240 e. The van der Waals surface area contributed by atoms with Crippen molar-refractivity contribution in [3.8, 4) is 5.75 Å². The SMILES string of the molecule is COc1cccc(S(=O)(=O)NCC(O)c2ccc(C)o2)c1. The molecule has 0 saturated heterocycles. The second kappa shape index (κ2) is 6.30. The van der Waals surface area contributed by atoms with Crippen molar-refractivity contribution in [1.82, 2.24) is 4.72 Å². The normalized spacial score (nSPS) is 13.1. The fourth-order valence-corrected chi connectivity index (χ4v) is 2.85. The molecule has 0 bridgehead atoms. The number of furan rings is 1. The average molecular weight is 311 g/mol. The van der Waals surface area contributed by atoms with E-state index in [-0.39, 0.29) is 11.4 Å². The molecule has 2 aromatic rings. The predicted octanol–water partition coefficient (Wildman–Crippen LogP) is 1.61. The van der Waals surface area contributed by atoms with E-state index in [1.54, 1.807) is 31.2 Å². The Labute approximate surface area is 123 Å². The number of methoxy groups -OCH3 is 1. The molecule has 0 aliphatic heterocycles. The van der Waals surface area contributed by atoms with Crippen molar-refractivity contribution in [3.63, 3.8) is 0 Å². The van der Waals surface area contributed by atoms with Gasteiger partial charge >= 0.3 is 0 Å². The van der Waals surface area contributed by atoms with Gasteiger partial charge in [0.1, 0.15) is 23.4 Å². The molecule has 1 aromatic carbocycles. The van der Waals surface area contributed by atoms with Gasteiger partial charge in [0.25, 0.3) is 0 Å². The second-order valence-electron chi connectivity index (χ2n) is 4.50. The van der Waals surface area contributed by atoms with Gasteiger partial charge in [-0.15, -0.1) is 0 Å². The van der Waals surface area contributed by atoms with Gasteiger partial charge in [0, 0.05) is 12.6 Å². The standard InChI is InChI=1S/C14H17NO5S/c1-10-6-7-14(20-10)13(16)9-15-21(17,18)12-5-3-4-11(8-12)19-2/h3-8,13,15-16H,9H2,1-2H3. The summed E-state index contributed by atoms with van der Waals surface area (Å²) in [6, 6.07) is 9.41. The summed E-state index contributed by atoms with van der Waals surface area (Å²) < 4.78 is 36.8. The monoisotopic (exact) mass is 311 g/mol. The number of nitrogens with one attached hydrogen (secondary N) is 1. The van der Waals surface area contributed by atoms with Crippen LogP contribution in [0.2, 0.25) is 0 Å². The van der Waals surface area contributed by atoms with E-state index in [9.17, 15) is 13.5 Å². The first kappa shape index (κ1) is 15.6. The fourth-order valence-electron chi connectivity index (χ4n) is 1.77.